The van der Waals surface area contributed by atoms with E-state index in [4.69, 9.17) is 26.0 Å². The molecule has 114 valence electrons. The van der Waals surface area contributed by atoms with Gasteiger partial charge in [0.25, 0.3) is 0 Å². The molecule has 0 aliphatic rings. The lowest BCUT2D eigenvalue weighted by molar-refractivity contribution is -0.138. The van der Waals surface area contributed by atoms with E-state index in [1.165, 1.54) is 11.8 Å². The van der Waals surface area contributed by atoms with Crippen LogP contribution in [0.15, 0.2) is 0 Å². The van der Waals surface area contributed by atoms with E-state index in [2.05, 4.69) is 0 Å². The van der Waals surface area contributed by atoms with Gasteiger partial charge in [-0.2, -0.15) is 11.8 Å². The van der Waals surface area contributed by atoms with Crippen molar-refractivity contribution in [1.29, 1.82) is 0 Å². The highest BCUT2D eigenvalue weighted by molar-refractivity contribution is 7.99. The van der Waals surface area contributed by atoms with Gasteiger partial charge in [-0.15, -0.1) is 0 Å². The molecule has 2 atom stereocenters. The number of carboxylic acids is 1. The highest BCUT2D eigenvalue weighted by Crippen LogP contribution is 2.06. The van der Waals surface area contributed by atoms with Crippen molar-refractivity contribution in [3.63, 3.8) is 0 Å². The number of thioether (sulfide) groups is 1. The molecule has 8 heteroatoms. The first-order chi connectivity index (χ1) is 9.07. The lowest BCUT2D eigenvalue weighted by atomic mass is 10.2. The maximum atomic E-state index is 10.5. The van der Waals surface area contributed by atoms with Gasteiger partial charge in [-0.1, -0.05) is 0 Å². The van der Waals surface area contributed by atoms with Crippen LogP contribution in [0.1, 0.15) is 6.42 Å². The van der Waals surface area contributed by atoms with Crippen LogP contribution in [0.2, 0.25) is 0 Å². The summed E-state index contributed by atoms with van der Waals surface area (Å²) in [5.41, 5.74) is 10.6. The Bertz CT molecular complexity index is 233. The Morgan fingerprint density at radius 3 is 2.58 bits per heavy atom. The number of aliphatic hydroxyl groups excluding tert-OH is 1. The van der Waals surface area contributed by atoms with Crippen LogP contribution in [-0.4, -0.2) is 72.8 Å². The van der Waals surface area contributed by atoms with E-state index in [1.54, 1.807) is 0 Å². The summed E-state index contributed by atoms with van der Waals surface area (Å²) < 4.78 is 10.3. The number of carboxylic acid groups (broad SMARTS) is 1. The number of aliphatic hydroxyl groups is 1. The highest BCUT2D eigenvalue weighted by Gasteiger charge is 2.11. The minimum absolute atomic E-state index is 0.240. The predicted molar refractivity (Wildman–Crippen MR) is 74.3 cm³/mol. The SMILES string of the molecule is NCCOCCOCC(O)CSCCC(N)C(=O)O. The third-order valence-electron chi connectivity index (χ3n) is 2.15. The molecular weight excluding hydrogens is 272 g/mol. The second kappa shape index (κ2) is 12.6. The fourth-order valence-electron chi connectivity index (χ4n) is 1.12. The zero-order valence-electron chi connectivity index (χ0n) is 11.0. The average Bonchev–Trinajstić information content (AvgIpc) is 2.38. The number of aliphatic carboxylic acids is 1. The average molecular weight is 296 g/mol. The molecule has 19 heavy (non-hydrogen) atoms. The number of ether oxygens (including phenoxy) is 2. The molecule has 0 heterocycles. The number of rotatable bonds is 13. The molecule has 0 saturated carbocycles. The summed E-state index contributed by atoms with van der Waals surface area (Å²) >= 11 is 1.46. The topological polar surface area (TPSA) is 128 Å². The van der Waals surface area contributed by atoms with Crippen molar-refractivity contribution in [2.75, 3.05) is 44.5 Å². The molecule has 0 saturated heterocycles. The molecule has 0 aromatic rings. The molecule has 0 aliphatic heterocycles. The maximum absolute atomic E-state index is 10.5. The van der Waals surface area contributed by atoms with Crippen molar-refractivity contribution in [3.05, 3.63) is 0 Å². The third-order valence-corrected chi connectivity index (χ3v) is 3.29. The van der Waals surface area contributed by atoms with Crippen molar-refractivity contribution in [3.8, 4) is 0 Å². The molecule has 0 aliphatic carbocycles. The van der Waals surface area contributed by atoms with Gasteiger partial charge >= 0.3 is 5.97 Å². The van der Waals surface area contributed by atoms with Crippen LogP contribution in [0, 0.1) is 0 Å². The Kier molecular flexibility index (Phi) is 12.4. The standard InChI is InChI=1S/C11H24N2O5S/c12-2-3-17-4-5-18-7-9(14)8-19-6-1-10(13)11(15)16/h9-10,14H,1-8,12-13H2,(H,15,16). The van der Waals surface area contributed by atoms with E-state index in [9.17, 15) is 9.90 Å². The van der Waals surface area contributed by atoms with Gasteiger partial charge in [-0.05, 0) is 12.2 Å². The predicted octanol–water partition coefficient (Wildman–Crippen LogP) is -1.13. The lowest BCUT2D eigenvalue weighted by Gasteiger charge is -2.11. The lowest BCUT2D eigenvalue weighted by Crippen LogP contribution is -2.30. The molecule has 7 nitrogen and oxygen atoms in total. The third kappa shape index (κ3) is 12.4. The minimum atomic E-state index is -0.998. The van der Waals surface area contributed by atoms with E-state index in [1.807, 2.05) is 0 Å². The summed E-state index contributed by atoms with van der Waals surface area (Å²) in [6.07, 6.45) is -0.180. The van der Waals surface area contributed by atoms with E-state index in [-0.39, 0.29) is 6.61 Å². The van der Waals surface area contributed by atoms with Crippen molar-refractivity contribution >= 4 is 17.7 Å². The van der Waals surface area contributed by atoms with Gasteiger partial charge in [-0.25, -0.2) is 0 Å². The molecule has 0 aromatic carbocycles. The van der Waals surface area contributed by atoms with E-state index in [0.29, 0.717) is 44.3 Å². The molecule has 0 amide bonds. The zero-order chi connectivity index (χ0) is 14.5. The fraction of sp³-hybridized carbons (Fsp3) is 0.909. The van der Waals surface area contributed by atoms with Gasteiger partial charge in [0.05, 0.1) is 32.5 Å². The summed E-state index contributed by atoms with van der Waals surface area (Å²) in [6.45, 7) is 2.11. The molecule has 0 radical (unpaired) electrons. The van der Waals surface area contributed by atoms with Gasteiger partial charge in [0.15, 0.2) is 0 Å². The van der Waals surface area contributed by atoms with Crippen molar-refractivity contribution in [2.24, 2.45) is 11.5 Å². The molecule has 0 spiro atoms. The van der Waals surface area contributed by atoms with Crippen LogP contribution in [0.25, 0.3) is 0 Å². The van der Waals surface area contributed by atoms with Gasteiger partial charge < -0.3 is 31.2 Å². The fourth-order valence-corrected chi connectivity index (χ4v) is 2.08. The Labute approximate surface area is 117 Å². The van der Waals surface area contributed by atoms with Crippen LogP contribution >= 0.6 is 11.8 Å². The highest BCUT2D eigenvalue weighted by atomic mass is 32.2. The first kappa shape index (κ1) is 18.6. The molecule has 0 rings (SSSR count). The number of carbonyl (C=O) groups is 1. The molecule has 0 fully saturated rings. The minimum Gasteiger partial charge on any atom is -0.480 e. The summed E-state index contributed by atoms with van der Waals surface area (Å²) in [6, 6.07) is -0.833. The van der Waals surface area contributed by atoms with Gasteiger partial charge in [0, 0.05) is 12.3 Å². The summed E-state index contributed by atoms with van der Waals surface area (Å²) in [5.74, 6) is 0.0992. The number of nitrogens with two attached hydrogens (primary N) is 2. The van der Waals surface area contributed by atoms with Crippen LogP contribution in [0.3, 0.4) is 0 Å². The maximum Gasteiger partial charge on any atom is 0.320 e. The molecule has 0 aromatic heterocycles. The van der Waals surface area contributed by atoms with Crippen LogP contribution in [0.4, 0.5) is 0 Å². The van der Waals surface area contributed by atoms with Crippen LogP contribution in [0.5, 0.6) is 0 Å². The summed E-state index contributed by atoms with van der Waals surface area (Å²) in [4.78, 5) is 10.5. The van der Waals surface area contributed by atoms with E-state index in [0.717, 1.165) is 0 Å². The van der Waals surface area contributed by atoms with Gasteiger partial charge in [0.1, 0.15) is 6.04 Å². The first-order valence-corrected chi connectivity index (χ1v) is 7.33. The van der Waals surface area contributed by atoms with Crippen molar-refractivity contribution in [1.82, 2.24) is 0 Å². The first-order valence-electron chi connectivity index (χ1n) is 6.17. The Morgan fingerprint density at radius 1 is 1.26 bits per heavy atom. The molecule has 0 bridgehead atoms. The Balaban J connectivity index is 3.30. The Hall–Kier alpha value is -0.380. The normalized spacial score (nSPS) is 14.3. The number of hydrogen-bond donors (Lipinski definition) is 4. The number of hydrogen-bond acceptors (Lipinski definition) is 7. The summed E-state index contributed by atoms with van der Waals surface area (Å²) in [7, 11) is 0. The van der Waals surface area contributed by atoms with Crippen LogP contribution < -0.4 is 11.5 Å². The monoisotopic (exact) mass is 296 g/mol. The second-order valence-electron chi connectivity index (χ2n) is 3.94. The van der Waals surface area contributed by atoms with Gasteiger partial charge in [0.2, 0.25) is 0 Å². The smallest absolute Gasteiger partial charge is 0.320 e. The Morgan fingerprint density at radius 2 is 1.95 bits per heavy atom. The zero-order valence-corrected chi connectivity index (χ0v) is 11.8. The molecular formula is C11H24N2O5S. The molecule has 2 unspecified atom stereocenters. The van der Waals surface area contributed by atoms with Crippen LogP contribution in [-0.2, 0) is 14.3 Å². The van der Waals surface area contributed by atoms with Crippen molar-refractivity contribution in [2.45, 2.75) is 18.6 Å². The molecule has 6 N–H and O–H groups in total. The van der Waals surface area contributed by atoms with E-state index >= 15 is 0 Å². The van der Waals surface area contributed by atoms with Gasteiger partial charge in [-0.3, -0.25) is 4.79 Å². The quantitative estimate of drug-likeness (QED) is 0.314. The largest absolute Gasteiger partial charge is 0.480 e. The van der Waals surface area contributed by atoms with E-state index < -0.39 is 18.1 Å². The summed E-state index contributed by atoms with van der Waals surface area (Å²) in [5, 5.41) is 18.1. The second-order valence-corrected chi connectivity index (χ2v) is 5.09. The van der Waals surface area contributed by atoms with Crippen molar-refractivity contribution < 1.29 is 24.5 Å².